The van der Waals surface area contributed by atoms with Crippen molar-refractivity contribution in [2.75, 3.05) is 13.1 Å². The summed E-state index contributed by atoms with van der Waals surface area (Å²) in [6.07, 6.45) is 9.20. The number of carbonyl (C=O) groups is 6. The van der Waals surface area contributed by atoms with Gasteiger partial charge in [-0.25, -0.2) is 9.59 Å². The van der Waals surface area contributed by atoms with Gasteiger partial charge in [0.2, 0.25) is 17.7 Å². The molecule has 6 atom stereocenters. The van der Waals surface area contributed by atoms with E-state index in [1.807, 2.05) is 36.4 Å². The number of hydrogen-bond acceptors (Lipinski definition) is 8. The lowest BCUT2D eigenvalue weighted by molar-refractivity contribution is -0.146. The fourth-order valence-electron chi connectivity index (χ4n) is 7.53. The number of allylic oxidation sites excluding steroid dienone is 1. The molecule has 1 aromatic carbocycles. The quantitative estimate of drug-likeness (QED) is 0.311. The molecule has 0 bridgehead atoms. The van der Waals surface area contributed by atoms with Gasteiger partial charge in [0.1, 0.15) is 29.8 Å². The Hall–Kier alpha value is -5.27. The van der Waals surface area contributed by atoms with Crippen LogP contribution in [-0.4, -0.2) is 98.4 Å². The number of ether oxygens (including phenoxy) is 1. The second-order valence-electron chi connectivity index (χ2n) is 14.8. The van der Waals surface area contributed by atoms with E-state index in [9.17, 15) is 33.9 Å². The number of nitrogens with zero attached hydrogens (tertiary/aromatic N) is 3. The van der Waals surface area contributed by atoms with Crippen LogP contribution >= 0.6 is 0 Å². The summed E-state index contributed by atoms with van der Waals surface area (Å²) >= 11 is 0. The van der Waals surface area contributed by atoms with E-state index in [2.05, 4.69) is 20.9 Å². The number of pyridine rings is 1. The first-order valence-corrected chi connectivity index (χ1v) is 18.5. The molecular weight excluding hydrogens is 680 g/mol. The molecular formula is C39H48N6O8. The van der Waals surface area contributed by atoms with Crippen LogP contribution in [0, 0.1) is 11.8 Å². The van der Waals surface area contributed by atoms with Crippen LogP contribution in [0.1, 0.15) is 80.3 Å². The van der Waals surface area contributed by atoms with E-state index in [1.165, 1.54) is 17.3 Å². The minimum absolute atomic E-state index is 0.0413. The topological polar surface area (TPSA) is 187 Å². The predicted octanol–water partition coefficient (Wildman–Crippen LogP) is 2.97. The number of aliphatic carboxylic acids is 1. The molecule has 1 aromatic heterocycles. The van der Waals surface area contributed by atoms with Gasteiger partial charge < -0.3 is 35.6 Å². The molecule has 14 nitrogen and oxygen atoms in total. The van der Waals surface area contributed by atoms with E-state index in [1.54, 1.807) is 30.9 Å². The number of carboxylic acids is 1. The van der Waals surface area contributed by atoms with Crippen LogP contribution in [0.5, 0.6) is 0 Å². The molecule has 2 fully saturated rings. The summed E-state index contributed by atoms with van der Waals surface area (Å²) in [5.41, 5.74) is 0.965. The Kier molecular flexibility index (Phi) is 11.4. The van der Waals surface area contributed by atoms with Crippen molar-refractivity contribution < 1.29 is 38.6 Å². The van der Waals surface area contributed by atoms with Crippen molar-refractivity contribution in [1.29, 1.82) is 0 Å². The monoisotopic (exact) mass is 728 g/mol. The van der Waals surface area contributed by atoms with Gasteiger partial charge in [0.25, 0.3) is 5.91 Å². The summed E-state index contributed by atoms with van der Waals surface area (Å²) in [6, 6.07) is 7.86. The number of carboxylic acid groups (broad SMARTS) is 1. The molecule has 4 heterocycles. The third kappa shape index (κ3) is 8.52. The second kappa shape index (κ2) is 16.2. The number of amides is 5. The van der Waals surface area contributed by atoms with Crippen molar-refractivity contribution in [3.63, 3.8) is 0 Å². The van der Waals surface area contributed by atoms with Crippen LogP contribution in [0.3, 0.4) is 0 Å². The molecule has 1 saturated carbocycles. The van der Waals surface area contributed by atoms with Gasteiger partial charge >= 0.3 is 12.1 Å². The summed E-state index contributed by atoms with van der Waals surface area (Å²) in [5, 5.41) is 18.5. The molecule has 5 amide bonds. The van der Waals surface area contributed by atoms with Crippen molar-refractivity contribution >= 4 is 35.7 Å². The van der Waals surface area contributed by atoms with Crippen molar-refractivity contribution in [3.05, 3.63) is 77.6 Å². The fourth-order valence-corrected chi connectivity index (χ4v) is 7.53. The minimum atomic E-state index is -1.50. The van der Waals surface area contributed by atoms with E-state index in [0.717, 1.165) is 24.0 Å². The van der Waals surface area contributed by atoms with Gasteiger partial charge in [-0.05, 0) is 61.3 Å². The molecule has 4 N–H and O–H groups in total. The van der Waals surface area contributed by atoms with Gasteiger partial charge in [-0.1, -0.05) is 63.1 Å². The van der Waals surface area contributed by atoms with Crippen LogP contribution in [0.2, 0.25) is 0 Å². The van der Waals surface area contributed by atoms with Crippen LogP contribution in [0.4, 0.5) is 4.79 Å². The summed E-state index contributed by atoms with van der Waals surface area (Å²) < 4.78 is 5.93. The molecule has 6 rings (SSSR count). The average Bonchev–Trinajstić information content (AvgIpc) is 3.69. The lowest BCUT2D eigenvalue weighted by atomic mass is 10.0. The molecule has 0 spiro atoms. The van der Waals surface area contributed by atoms with E-state index in [4.69, 9.17) is 4.74 Å². The summed E-state index contributed by atoms with van der Waals surface area (Å²) in [6.45, 7) is 4.27. The minimum Gasteiger partial charge on any atom is -0.479 e. The Morgan fingerprint density at radius 2 is 1.85 bits per heavy atom. The first-order valence-electron chi connectivity index (χ1n) is 18.5. The molecule has 2 aromatic rings. The van der Waals surface area contributed by atoms with E-state index in [0.29, 0.717) is 32.4 Å². The number of rotatable bonds is 7. The summed E-state index contributed by atoms with van der Waals surface area (Å²) in [7, 11) is 0. The average molecular weight is 729 g/mol. The highest BCUT2D eigenvalue weighted by molar-refractivity contribution is 5.99. The lowest BCUT2D eigenvalue weighted by Gasteiger charge is -2.31. The number of aromatic nitrogens is 1. The van der Waals surface area contributed by atoms with Crippen molar-refractivity contribution in [2.45, 2.75) is 102 Å². The first kappa shape index (κ1) is 37.5. The highest BCUT2D eigenvalue weighted by atomic mass is 16.6. The van der Waals surface area contributed by atoms with Crippen molar-refractivity contribution in [2.24, 2.45) is 11.8 Å². The molecule has 0 unspecified atom stereocenters. The van der Waals surface area contributed by atoms with Crippen LogP contribution in [0.15, 0.2) is 60.9 Å². The largest absolute Gasteiger partial charge is 0.479 e. The second-order valence-corrected chi connectivity index (χ2v) is 14.8. The Balaban J connectivity index is 1.23. The first-order chi connectivity index (χ1) is 25.5. The Morgan fingerprint density at radius 1 is 1.06 bits per heavy atom. The molecule has 3 aliphatic heterocycles. The lowest BCUT2D eigenvalue weighted by Crippen LogP contribution is -2.58. The highest BCUT2D eigenvalue weighted by Gasteiger charge is 2.61. The molecule has 14 heteroatoms. The highest BCUT2D eigenvalue weighted by Crippen LogP contribution is 2.45. The molecule has 1 aliphatic carbocycles. The molecule has 0 radical (unpaired) electrons. The number of carbonyl (C=O) groups excluding carboxylic acids is 5. The Morgan fingerprint density at radius 3 is 2.58 bits per heavy atom. The number of hydrogen-bond donors (Lipinski definition) is 4. The zero-order chi connectivity index (χ0) is 37.7. The van der Waals surface area contributed by atoms with Crippen LogP contribution < -0.4 is 16.0 Å². The standard InChI is InChI=1S/C39H48N6O8/c1-24(2)32(42-33(46)26-13-10-17-40-21-26)35(48)41-30-15-7-5-3-4-6-14-28-20-39(28,37(50)51)43-34(47)31-19-29(23-45(31)36(30)49)53-38(52)44-18-16-25-11-8-9-12-27(25)22-44/h6,8-14,17,21,24,28-32H,3-5,7,15-16,18-20,22-23H2,1-2H3,(H,41,48)(H,42,46)(H,43,47)(H,50,51)/t28-,29-,30+,31+,32-,39-/m1/s1. The molecule has 1 saturated heterocycles. The van der Waals surface area contributed by atoms with Crippen LogP contribution in [-0.2, 0) is 36.9 Å². The summed E-state index contributed by atoms with van der Waals surface area (Å²) in [4.78, 5) is 88.1. The van der Waals surface area contributed by atoms with Gasteiger partial charge in [0, 0.05) is 37.8 Å². The van der Waals surface area contributed by atoms with Gasteiger partial charge in [0.15, 0.2) is 0 Å². The van der Waals surface area contributed by atoms with Gasteiger partial charge in [-0.3, -0.25) is 24.2 Å². The number of nitrogens with one attached hydrogen (secondary N) is 3. The van der Waals surface area contributed by atoms with Gasteiger partial charge in [-0.2, -0.15) is 0 Å². The van der Waals surface area contributed by atoms with Gasteiger partial charge in [0.05, 0.1) is 12.1 Å². The maximum absolute atomic E-state index is 14.5. The third-order valence-corrected chi connectivity index (χ3v) is 10.8. The van der Waals surface area contributed by atoms with E-state index >= 15 is 0 Å². The Labute approximate surface area is 308 Å². The van der Waals surface area contributed by atoms with Crippen molar-refractivity contribution in [3.8, 4) is 0 Å². The zero-order valence-electron chi connectivity index (χ0n) is 30.2. The molecule has 4 aliphatic rings. The molecule has 53 heavy (non-hydrogen) atoms. The predicted molar refractivity (Wildman–Crippen MR) is 192 cm³/mol. The van der Waals surface area contributed by atoms with Crippen molar-refractivity contribution in [1.82, 2.24) is 30.7 Å². The van der Waals surface area contributed by atoms with Crippen LogP contribution in [0.25, 0.3) is 0 Å². The maximum atomic E-state index is 14.5. The van der Waals surface area contributed by atoms with E-state index in [-0.39, 0.29) is 37.3 Å². The SMILES string of the molecule is CC(C)[C@@H](NC(=O)c1cccnc1)C(=O)N[C@H]1CCCCCC=C[C@@H]2C[C@@]2(C(=O)O)NC(=O)[C@@H]2C[C@@H](OC(=O)N3CCc4ccccc4C3)CN2C1=O. The van der Waals surface area contributed by atoms with E-state index < -0.39 is 71.4 Å². The van der Waals surface area contributed by atoms with Gasteiger partial charge in [-0.15, -0.1) is 0 Å². The zero-order valence-corrected chi connectivity index (χ0v) is 30.2. The fraction of sp³-hybridized carbons (Fsp3) is 0.513. The summed E-state index contributed by atoms with van der Waals surface area (Å²) in [5.74, 6) is -4.15. The smallest absolute Gasteiger partial charge is 0.410 e. The third-order valence-electron chi connectivity index (χ3n) is 10.8. The normalized spacial score (nSPS) is 26.5. The Bertz CT molecular complexity index is 1750. The number of fused-ring (bicyclic) bond motifs is 3. The number of benzene rings is 1. The maximum Gasteiger partial charge on any atom is 0.410 e. The molecule has 282 valence electrons.